The molecule has 0 aliphatic carbocycles. The molecule has 96 valence electrons. The number of hydrogen-bond acceptors (Lipinski definition) is 3. The molecule has 0 atom stereocenters. The van der Waals surface area contributed by atoms with Gasteiger partial charge in [0.1, 0.15) is 0 Å². The fraction of sp³-hybridized carbons (Fsp3) is 0.133. The first-order valence-electron chi connectivity index (χ1n) is 5.88. The topological polar surface area (TPSA) is 61.8 Å². The molecule has 0 aromatic heterocycles. The molecule has 0 saturated carbocycles. The van der Waals surface area contributed by atoms with Gasteiger partial charge in [0.05, 0.1) is 23.2 Å². The largest absolute Gasteiger partial charge is 0.398 e. The lowest BCUT2D eigenvalue weighted by Crippen LogP contribution is -1.96. The molecule has 0 radical (unpaired) electrons. The number of rotatable bonds is 3. The molecule has 0 amide bonds. The molecule has 0 unspecified atom stereocenters. The third kappa shape index (κ3) is 3.18. The summed E-state index contributed by atoms with van der Waals surface area (Å²) in [7, 11) is 0. The fourth-order valence-corrected chi connectivity index (χ4v) is 1.95. The summed E-state index contributed by atoms with van der Waals surface area (Å²) in [5.41, 5.74) is 10.2. The number of nitrogens with one attached hydrogen (secondary N) is 1. The van der Waals surface area contributed by atoms with Gasteiger partial charge in [0.2, 0.25) is 0 Å². The zero-order valence-corrected chi connectivity index (χ0v) is 11.3. The molecule has 0 fully saturated rings. The number of benzene rings is 2. The van der Waals surface area contributed by atoms with Crippen LogP contribution in [0.15, 0.2) is 36.4 Å². The van der Waals surface area contributed by atoms with Crippen molar-refractivity contribution in [2.24, 2.45) is 0 Å². The van der Waals surface area contributed by atoms with E-state index in [1.54, 1.807) is 0 Å². The summed E-state index contributed by atoms with van der Waals surface area (Å²) in [6.45, 7) is 1.97. The van der Waals surface area contributed by atoms with Crippen molar-refractivity contribution in [1.82, 2.24) is 0 Å². The van der Waals surface area contributed by atoms with Crippen molar-refractivity contribution in [2.45, 2.75) is 13.3 Å². The fourth-order valence-electron chi connectivity index (χ4n) is 1.79. The summed E-state index contributed by atoms with van der Waals surface area (Å²) in [5, 5.41) is 12.4. The molecule has 2 aromatic carbocycles. The van der Waals surface area contributed by atoms with Crippen LogP contribution < -0.4 is 11.1 Å². The van der Waals surface area contributed by atoms with E-state index in [4.69, 9.17) is 22.6 Å². The van der Waals surface area contributed by atoms with Crippen LogP contribution in [0.5, 0.6) is 0 Å². The van der Waals surface area contributed by atoms with E-state index in [9.17, 15) is 0 Å². The second-order valence-corrected chi connectivity index (χ2v) is 4.75. The highest BCUT2D eigenvalue weighted by Gasteiger charge is 2.04. The number of nitriles is 1. The third-order valence-electron chi connectivity index (χ3n) is 2.86. The maximum absolute atomic E-state index is 8.62. The molecule has 2 aromatic rings. The lowest BCUT2D eigenvalue weighted by atomic mass is 10.1. The number of aryl methyl sites for hydroxylation is 1. The normalized spacial score (nSPS) is 9.95. The molecular formula is C15H14ClN3. The number of nitrogens with zero attached hydrogens (tertiary/aromatic N) is 1. The first-order chi connectivity index (χ1) is 9.10. The van der Waals surface area contributed by atoms with Crippen LogP contribution in [0.4, 0.5) is 17.1 Å². The van der Waals surface area contributed by atoms with Crippen molar-refractivity contribution >= 4 is 28.7 Å². The van der Waals surface area contributed by atoms with Crippen LogP contribution in [0.1, 0.15) is 11.1 Å². The number of nitrogens with two attached hydrogens (primary N) is 1. The van der Waals surface area contributed by atoms with Crippen molar-refractivity contribution in [3.05, 3.63) is 52.5 Å². The Morgan fingerprint density at radius 3 is 2.58 bits per heavy atom. The highest BCUT2D eigenvalue weighted by Crippen LogP contribution is 2.29. The average molecular weight is 272 g/mol. The van der Waals surface area contributed by atoms with E-state index in [-0.39, 0.29) is 0 Å². The predicted molar refractivity (Wildman–Crippen MR) is 79.6 cm³/mol. The molecule has 3 nitrogen and oxygen atoms in total. The van der Waals surface area contributed by atoms with Gasteiger partial charge in [-0.3, -0.25) is 0 Å². The van der Waals surface area contributed by atoms with E-state index in [0.717, 1.165) is 22.5 Å². The van der Waals surface area contributed by atoms with Crippen LogP contribution in [0.2, 0.25) is 5.02 Å². The monoisotopic (exact) mass is 271 g/mol. The summed E-state index contributed by atoms with van der Waals surface area (Å²) in [6.07, 6.45) is 0.424. The van der Waals surface area contributed by atoms with Gasteiger partial charge < -0.3 is 11.1 Å². The van der Waals surface area contributed by atoms with E-state index in [2.05, 4.69) is 11.4 Å². The molecule has 0 aliphatic heterocycles. The zero-order chi connectivity index (χ0) is 13.8. The van der Waals surface area contributed by atoms with Crippen LogP contribution >= 0.6 is 11.6 Å². The maximum atomic E-state index is 8.62. The van der Waals surface area contributed by atoms with Gasteiger partial charge in [0, 0.05) is 11.4 Å². The molecule has 0 aliphatic rings. The highest BCUT2D eigenvalue weighted by molar-refractivity contribution is 6.33. The van der Waals surface area contributed by atoms with E-state index < -0.39 is 0 Å². The van der Waals surface area contributed by atoms with Crippen LogP contribution in [0, 0.1) is 18.3 Å². The second-order valence-electron chi connectivity index (χ2n) is 4.35. The van der Waals surface area contributed by atoms with Gasteiger partial charge in [-0.25, -0.2) is 0 Å². The van der Waals surface area contributed by atoms with E-state index >= 15 is 0 Å². The first kappa shape index (κ1) is 13.3. The second kappa shape index (κ2) is 5.64. The molecule has 4 heteroatoms. The Morgan fingerprint density at radius 1 is 1.26 bits per heavy atom. The Hall–Kier alpha value is -2.18. The molecule has 0 heterocycles. The SMILES string of the molecule is Cc1cc(N)c(Cl)cc1Nc1ccc(CC#N)cc1. The van der Waals surface area contributed by atoms with Gasteiger partial charge in [0.15, 0.2) is 0 Å². The average Bonchev–Trinajstić information content (AvgIpc) is 2.38. The van der Waals surface area contributed by atoms with E-state index in [0.29, 0.717) is 17.1 Å². The van der Waals surface area contributed by atoms with Crippen LogP contribution in [0.3, 0.4) is 0 Å². The number of anilines is 3. The zero-order valence-electron chi connectivity index (χ0n) is 10.6. The number of hydrogen-bond donors (Lipinski definition) is 2. The molecule has 0 saturated heterocycles. The highest BCUT2D eigenvalue weighted by atomic mass is 35.5. The summed E-state index contributed by atoms with van der Waals surface area (Å²) in [6, 6.07) is 13.5. The Labute approximate surface area is 117 Å². The van der Waals surface area contributed by atoms with Gasteiger partial charge in [-0.05, 0) is 42.3 Å². The van der Waals surface area contributed by atoms with Crippen molar-refractivity contribution < 1.29 is 0 Å². The quantitative estimate of drug-likeness (QED) is 0.828. The Morgan fingerprint density at radius 2 is 1.95 bits per heavy atom. The van der Waals surface area contributed by atoms with Crippen molar-refractivity contribution in [2.75, 3.05) is 11.1 Å². The summed E-state index contributed by atoms with van der Waals surface area (Å²) < 4.78 is 0. The molecule has 2 rings (SSSR count). The Balaban J connectivity index is 2.22. The van der Waals surface area contributed by atoms with Crippen molar-refractivity contribution in [3.8, 4) is 6.07 Å². The minimum absolute atomic E-state index is 0.424. The van der Waals surface area contributed by atoms with Crippen LogP contribution in [-0.4, -0.2) is 0 Å². The third-order valence-corrected chi connectivity index (χ3v) is 3.19. The Bertz CT molecular complexity index is 627. The number of halogens is 1. The van der Waals surface area contributed by atoms with Gasteiger partial charge in [0.25, 0.3) is 0 Å². The molecular weight excluding hydrogens is 258 g/mol. The lowest BCUT2D eigenvalue weighted by Gasteiger charge is -2.11. The summed E-state index contributed by atoms with van der Waals surface area (Å²) >= 11 is 6.02. The van der Waals surface area contributed by atoms with Gasteiger partial charge >= 0.3 is 0 Å². The van der Waals surface area contributed by atoms with Crippen molar-refractivity contribution in [1.29, 1.82) is 5.26 Å². The van der Waals surface area contributed by atoms with Crippen molar-refractivity contribution in [3.63, 3.8) is 0 Å². The summed E-state index contributed by atoms with van der Waals surface area (Å²) in [5.74, 6) is 0. The van der Waals surface area contributed by atoms with Gasteiger partial charge in [-0.15, -0.1) is 0 Å². The molecule has 0 spiro atoms. The molecule has 19 heavy (non-hydrogen) atoms. The lowest BCUT2D eigenvalue weighted by molar-refractivity contribution is 1.26. The molecule has 0 bridgehead atoms. The minimum atomic E-state index is 0.424. The molecule has 3 N–H and O–H groups in total. The van der Waals surface area contributed by atoms with Gasteiger partial charge in [-0.1, -0.05) is 23.7 Å². The predicted octanol–water partition coefficient (Wildman–Crippen LogP) is 4.04. The van der Waals surface area contributed by atoms with Gasteiger partial charge in [-0.2, -0.15) is 5.26 Å². The summed E-state index contributed by atoms with van der Waals surface area (Å²) in [4.78, 5) is 0. The number of nitrogen functional groups attached to an aromatic ring is 1. The van der Waals surface area contributed by atoms with E-state index in [1.807, 2.05) is 43.3 Å². The smallest absolute Gasteiger partial charge is 0.0669 e. The van der Waals surface area contributed by atoms with E-state index in [1.165, 1.54) is 0 Å². The Kier molecular flexibility index (Phi) is 3.94. The maximum Gasteiger partial charge on any atom is 0.0669 e. The first-order valence-corrected chi connectivity index (χ1v) is 6.26. The van der Waals surface area contributed by atoms with Crippen LogP contribution in [-0.2, 0) is 6.42 Å². The standard InChI is InChI=1S/C15H14ClN3/c1-10-8-14(18)13(16)9-15(10)19-12-4-2-11(3-5-12)6-7-17/h2-5,8-9,19H,6,18H2,1H3. The van der Waals surface area contributed by atoms with Crippen LogP contribution in [0.25, 0.3) is 0 Å². The minimum Gasteiger partial charge on any atom is -0.398 e.